The zero-order valence-corrected chi connectivity index (χ0v) is 17.1. The van der Waals surface area contributed by atoms with Gasteiger partial charge in [-0.1, -0.05) is 29.8 Å². The number of halogens is 1. The van der Waals surface area contributed by atoms with Crippen LogP contribution in [0.25, 0.3) is 0 Å². The molecule has 27 heavy (non-hydrogen) atoms. The lowest BCUT2D eigenvalue weighted by Crippen LogP contribution is -2.55. The largest absolute Gasteiger partial charge is 0.508 e. The Morgan fingerprint density at radius 3 is 2.63 bits per heavy atom. The average molecular weight is 438 g/mol. The van der Waals surface area contributed by atoms with Crippen molar-refractivity contribution in [2.75, 3.05) is 7.05 Å². The molecule has 146 valence electrons. The third-order valence-corrected chi connectivity index (χ3v) is 7.13. The Hall–Kier alpha value is -1.44. The number of phenolic OH excluding ortho intramolecular Hbond substituents is 1. The van der Waals surface area contributed by atoms with Crippen LogP contribution in [0.5, 0.6) is 5.75 Å². The molecule has 2 amide bonds. The minimum atomic E-state index is -1.49. The van der Waals surface area contributed by atoms with Crippen LogP contribution < -0.4 is 0 Å². The summed E-state index contributed by atoms with van der Waals surface area (Å²) in [6.45, 7) is 4.00. The molecular formula is C20H24BrNO5. The van der Waals surface area contributed by atoms with Crippen LogP contribution in [0.1, 0.15) is 38.4 Å². The molecule has 2 aliphatic heterocycles. The summed E-state index contributed by atoms with van der Waals surface area (Å²) in [6, 6.07) is 5.09. The Morgan fingerprint density at radius 2 is 1.96 bits per heavy atom. The molecule has 2 heterocycles. The lowest BCUT2D eigenvalue weighted by Gasteiger charge is -2.46. The highest BCUT2D eigenvalue weighted by Gasteiger charge is 2.66. The van der Waals surface area contributed by atoms with E-state index in [2.05, 4.69) is 15.9 Å². The molecule has 1 aromatic carbocycles. The number of amides is 2. The Balaban J connectivity index is 1.77. The van der Waals surface area contributed by atoms with Crippen LogP contribution in [0, 0.1) is 29.6 Å². The molecule has 0 unspecified atom stereocenters. The van der Waals surface area contributed by atoms with Crippen molar-refractivity contribution in [3.63, 3.8) is 0 Å². The van der Waals surface area contributed by atoms with Gasteiger partial charge in [-0.3, -0.25) is 14.5 Å². The van der Waals surface area contributed by atoms with Crippen LogP contribution in [0.15, 0.2) is 22.7 Å². The monoisotopic (exact) mass is 437 g/mol. The molecule has 4 rings (SSSR count). The van der Waals surface area contributed by atoms with Crippen LogP contribution in [-0.2, 0) is 14.3 Å². The second-order valence-electron chi connectivity index (χ2n) is 8.36. The van der Waals surface area contributed by atoms with Gasteiger partial charge in [0.15, 0.2) is 5.79 Å². The standard InChI is InChI=1S/C20H24BrNO5/c1-9(2)13-7-12-17(19(25)22(3)18(12)24)14-8-16(27-20(13,14)26)11-6-10(21)4-5-15(11)23/h4-6,9,12-14,16-17,23,26H,7-8H2,1-3H3/t12-,13+,14-,16-,17-,20+/m0/s1. The quantitative estimate of drug-likeness (QED) is 0.694. The summed E-state index contributed by atoms with van der Waals surface area (Å²) in [5.41, 5.74) is 0.580. The van der Waals surface area contributed by atoms with Crippen LogP contribution in [-0.4, -0.2) is 39.8 Å². The number of likely N-dealkylation sites (tertiary alicyclic amines) is 1. The fourth-order valence-electron chi connectivity index (χ4n) is 5.30. The lowest BCUT2D eigenvalue weighted by atomic mass is 9.62. The first-order chi connectivity index (χ1) is 12.6. The number of fused-ring (bicyclic) bond motifs is 3. The van der Waals surface area contributed by atoms with E-state index >= 15 is 0 Å². The number of aromatic hydroxyl groups is 1. The number of imide groups is 1. The van der Waals surface area contributed by atoms with Crippen molar-refractivity contribution < 1.29 is 24.5 Å². The van der Waals surface area contributed by atoms with Gasteiger partial charge in [0.05, 0.1) is 17.9 Å². The summed E-state index contributed by atoms with van der Waals surface area (Å²) in [6.07, 6.45) is 0.283. The van der Waals surface area contributed by atoms with E-state index in [9.17, 15) is 19.8 Å². The molecule has 7 heteroatoms. The van der Waals surface area contributed by atoms with Crippen molar-refractivity contribution in [3.8, 4) is 5.75 Å². The van der Waals surface area contributed by atoms with E-state index in [0.29, 0.717) is 18.4 Å². The summed E-state index contributed by atoms with van der Waals surface area (Å²) < 4.78 is 6.97. The van der Waals surface area contributed by atoms with Crippen molar-refractivity contribution in [2.45, 2.75) is 38.6 Å². The van der Waals surface area contributed by atoms with Crippen molar-refractivity contribution in [1.82, 2.24) is 4.90 Å². The van der Waals surface area contributed by atoms with Crippen molar-refractivity contribution in [2.24, 2.45) is 29.6 Å². The molecule has 0 radical (unpaired) electrons. The van der Waals surface area contributed by atoms with Gasteiger partial charge in [0.2, 0.25) is 11.8 Å². The highest BCUT2D eigenvalue weighted by molar-refractivity contribution is 9.10. The van der Waals surface area contributed by atoms with Crippen LogP contribution in [0.3, 0.4) is 0 Å². The molecule has 1 aromatic rings. The van der Waals surface area contributed by atoms with E-state index in [0.717, 1.165) is 4.47 Å². The first kappa shape index (κ1) is 18.9. The van der Waals surface area contributed by atoms with E-state index in [1.54, 1.807) is 18.2 Å². The zero-order chi connectivity index (χ0) is 19.7. The van der Waals surface area contributed by atoms with E-state index in [-0.39, 0.29) is 29.4 Å². The highest BCUT2D eigenvalue weighted by atomic mass is 79.9. The molecular weight excluding hydrogens is 414 g/mol. The molecule has 0 bridgehead atoms. The van der Waals surface area contributed by atoms with Gasteiger partial charge in [-0.2, -0.15) is 0 Å². The second kappa shape index (κ2) is 6.29. The molecule has 6 nitrogen and oxygen atoms in total. The molecule has 1 aliphatic carbocycles. The third kappa shape index (κ3) is 2.66. The molecule has 0 aromatic heterocycles. The summed E-state index contributed by atoms with van der Waals surface area (Å²) in [7, 11) is 1.51. The van der Waals surface area contributed by atoms with E-state index in [4.69, 9.17) is 4.74 Å². The minimum absolute atomic E-state index is 0.0853. The smallest absolute Gasteiger partial charge is 0.233 e. The van der Waals surface area contributed by atoms with Gasteiger partial charge >= 0.3 is 0 Å². The number of hydrogen-bond donors (Lipinski definition) is 2. The fraction of sp³-hybridized carbons (Fsp3) is 0.600. The zero-order valence-electron chi connectivity index (χ0n) is 15.6. The Morgan fingerprint density at radius 1 is 1.26 bits per heavy atom. The van der Waals surface area contributed by atoms with Crippen LogP contribution >= 0.6 is 15.9 Å². The topological polar surface area (TPSA) is 87.1 Å². The Labute approximate surface area is 166 Å². The maximum Gasteiger partial charge on any atom is 0.233 e. The van der Waals surface area contributed by atoms with Crippen LogP contribution in [0.4, 0.5) is 0 Å². The maximum absolute atomic E-state index is 12.8. The van der Waals surface area contributed by atoms with E-state index in [1.807, 2.05) is 13.8 Å². The van der Waals surface area contributed by atoms with E-state index < -0.39 is 29.6 Å². The van der Waals surface area contributed by atoms with Crippen LogP contribution in [0.2, 0.25) is 0 Å². The molecule has 0 spiro atoms. The number of rotatable bonds is 2. The van der Waals surface area contributed by atoms with E-state index in [1.165, 1.54) is 11.9 Å². The Bertz CT molecular complexity index is 812. The number of hydrogen-bond acceptors (Lipinski definition) is 5. The highest BCUT2D eigenvalue weighted by Crippen LogP contribution is 2.60. The Kier molecular flexibility index (Phi) is 4.40. The van der Waals surface area contributed by atoms with Gasteiger partial charge in [0.1, 0.15) is 5.75 Å². The van der Waals surface area contributed by atoms with Crippen molar-refractivity contribution in [3.05, 3.63) is 28.2 Å². The summed E-state index contributed by atoms with van der Waals surface area (Å²) >= 11 is 3.40. The molecule has 6 atom stereocenters. The first-order valence-corrected chi connectivity index (χ1v) is 10.1. The maximum atomic E-state index is 12.8. The normalized spacial score (nSPS) is 38.4. The van der Waals surface area contributed by atoms with Gasteiger partial charge in [0, 0.05) is 28.9 Å². The minimum Gasteiger partial charge on any atom is -0.508 e. The number of carbonyl (C=O) groups is 2. The summed E-state index contributed by atoms with van der Waals surface area (Å²) in [5.74, 6) is -3.42. The van der Waals surface area contributed by atoms with Gasteiger partial charge in [-0.05, 0) is 37.0 Å². The van der Waals surface area contributed by atoms with Gasteiger partial charge in [-0.15, -0.1) is 0 Å². The molecule has 3 fully saturated rings. The van der Waals surface area contributed by atoms with Gasteiger partial charge in [-0.25, -0.2) is 0 Å². The SMILES string of the molecule is CC(C)[C@H]1C[C@@H]2C(=O)N(C)C(=O)[C@@H]2[C@@H]2C[C@@H](c3cc(Br)ccc3O)O[C@]12O. The number of nitrogens with zero attached hydrogens (tertiary/aromatic N) is 1. The van der Waals surface area contributed by atoms with Gasteiger partial charge in [0.25, 0.3) is 0 Å². The van der Waals surface area contributed by atoms with Gasteiger partial charge < -0.3 is 14.9 Å². The average Bonchev–Trinajstić information content (AvgIpc) is 3.06. The number of ether oxygens (including phenoxy) is 1. The number of benzene rings is 1. The molecule has 1 saturated carbocycles. The summed E-state index contributed by atoms with van der Waals surface area (Å²) in [4.78, 5) is 26.6. The number of carbonyl (C=O) groups excluding carboxylic acids is 2. The predicted octanol–water partition coefficient (Wildman–Crippen LogP) is 2.83. The third-order valence-electron chi connectivity index (χ3n) is 6.64. The van der Waals surface area contributed by atoms with Crippen molar-refractivity contribution in [1.29, 1.82) is 0 Å². The molecule has 2 N–H and O–H groups in total. The number of aliphatic hydroxyl groups is 1. The summed E-state index contributed by atoms with van der Waals surface area (Å²) in [5, 5.41) is 21.9. The first-order valence-electron chi connectivity index (χ1n) is 9.35. The predicted molar refractivity (Wildman–Crippen MR) is 100 cm³/mol. The number of phenols is 1. The molecule has 3 aliphatic rings. The fourth-order valence-corrected chi connectivity index (χ4v) is 5.68. The molecule has 2 saturated heterocycles. The second-order valence-corrected chi connectivity index (χ2v) is 9.27. The lowest BCUT2D eigenvalue weighted by molar-refractivity contribution is -0.276. The van der Waals surface area contributed by atoms with Crippen molar-refractivity contribution >= 4 is 27.7 Å².